The summed E-state index contributed by atoms with van der Waals surface area (Å²) in [5.74, 6) is -0.135. The third kappa shape index (κ3) is 2.98. The molecule has 22 heavy (non-hydrogen) atoms. The Balaban J connectivity index is 1.92. The maximum absolute atomic E-state index is 11.8. The Kier molecular flexibility index (Phi) is 4.13. The third-order valence-electron chi connectivity index (χ3n) is 3.53. The van der Waals surface area contributed by atoms with Gasteiger partial charge in [0.25, 0.3) is 5.91 Å². The summed E-state index contributed by atoms with van der Waals surface area (Å²) in [6.07, 6.45) is 1.87. The molecule has 0 bridgehead atoms. The first-order chi connectivity index (χ1) is 10.5. The molecule has 4 nitrogen and oxygen atoms in total. The molecule has 3 rings (SSSR count). The van der Waals surface area contributed by atoms with Crippen molar-refractivity contribution in [2.24, 2.45) is 0 Å². The molecule has 1 aromatic carbocycles. The molecular formula is C16H15N3OS2. The lowest BCUT2D eigenvalue weighted by Gasteiger charge is -2.04. The normalized spacial score (nSPS) is 16.4. The quantitative estimate of drug-likeness (QED) is 0.694. The zero-order chi connectivity index (χ0) is 15.7. The van der Waals surface area contributed by atoms with Crippen LogP contribution in [0.4, 0.5) is 0 Å². The number of amides is 1. The maximum atomic E-state index is 11.8. The molecule has 1 aliphatic heterocycles. The maximum Gasteiger partial charge on any atom is 0.263 e. The van der Waals surface area contributed by atoms with Gasteiger partial charge in [0.2, 0.25) is 0 Å². The molecule has 6 heteroatoms. The van der Waals surface area contributed by atoms with E-state index in [1.807, 2.05) is 42.8 Å². The Morgan fingerprint density at radius 2 is 2.05 bits per heavy atom. The number of aryl methyl sites for hydroxylation is 1. The van der Waals surface area contributed by atoms with Crippen molar-refractivity contribution < 1.29 is 4.79 Å². The van der Waals surface area contributed by atoms with Crippen LogP contribution in [0.1, 0.15) is 22.5 Å². The molecule has 1 saturated heterocycles. The minimum Gasteiger partial charge on any atom is -0.307 e. The Morgan fingerprint density at radius 3 is 2.68 bits per heavy atom. The molecule has 112 valence electrons. The molecule has 0 saturated carbocycles. The molecule has 1 fully saturated rings. The number of carbonyl (C=O) groups is 1. The molecule has 0 aliphatic carbocycles. The summed E-state index contributed by atoms with van der Waals surface area (Å²) in [6, 6.07) is 10.2. The first kappa shape index (κ1) is 15.0. The van der Waals surface area contributed by atoms with Crippen molar-refractivity contribution >= 4 is 40.3 Å². The highest BCUT2D eigenvalue weighted by Gasteiger charge is 2.23. The van der Waals surface area contributed by atoms with Gasteiger partial charge in [0, 0.05) is 11.3 Å². The van der Waals surface area contributed by atoms with Crippen LogP contribution < -0.4 is 5.32 Å². The molecule has 1 amide bonds. The molecule has 2 aromatic rings. The van der Waals surface area contributed by atoms with Gasteiger partial charge in [-0.2, -0.15) is 5.10 Å². The number of hydrogen-bond donors (Lipinski definition) is 1. The second-order valence-electron chi connectivity index (χ2n) is 5.08. The highest BCUT2D eigenvalue weighted by Crippen LogP contribution is 2.28. The molecule has 0 spiro atoms. The summed E-state index contributed by atoms with van der Waals surface area (Å²) in [6.45, 7) is 4.69. The van der Waals surface area contributed by atoms with Crippen molar-refractivity contribution in [3.05, 3.63) is 57.8 Å². The number of nitrogens with one attached hydrogen (secondary N) is 1. The molecule has 1 N–H and O–H groups in total. The number of thioether (sulfide) groups is 1. The average Bonchev–Trinajstić information content (AvgIpc) is 2.94. The van der Waals surface area contributed by atoms with Crippen LogP contribution in [0.2, 0.25) is 0 Å². The minimum absolute atomic E-state index is 0.135. The van der Waals surface area contributed by atoms with E-state index in [9.17, 15) is 4.79 Å². The topological polar surface area (TPSA) is 46.9 Å². The first-order valence-corrected chi connectivity index (χ1v) is 8.10. The predicted molar refractivity (Wildman–Crippen MR) is 93.6 cm³/mol. The van der Waals surface area contributed by atoms with E-state index in [1.54, 1.807) is 0 Å². The van der Waals surface area contributed by atoms with Crippen molar-refractivity contribution in [1.82, 2.24) is 15.1 Å². The molecule has 0 atom stereocenters. The summed E-state index contributed by atoms with van der Waals surface area (Å²) in [7, 11) is 0. The lowest BCUT2D eigenvalue weighted by Crippen LogP contribution is -2.17. The summed E-state index contributed by atoms with van der Waals surface area (Å²) >= 11 is 6.31. The van der Waals surface area contributed by atoms with Crippen molar-refractivity contribution in [3.8, 4) is 0 Å². The van der Waals surface area contributed by atoms with Crippen LogP contribution in [-0.2, 0) is 11.3 Å². The van der Waals surface area contributed by atoms with Gasteiger partial charge >= 0.3 is 0 Å². The van der Waals surface area contributed by atoms with Gasteiger partial charge in [-0.3, -0.25) is 9.48 Å². The fourth-order valence-electron chi connectivity index (χ4n) is 2.38. The molecule has 1 aliphatic rings. The van der Waals surface area contributed by atoms with Crippen LogP contribution in [0, 0.1) is 13.8 Å². The molecular weight excluding hydrogens is 314 g/mol. The fourth-order valence-corrected chi connectivity index (χ4v) is 3.41. The Morgan fingerprint density at radius 1 is 1.32 bits per heavy atom. The van der Waals surface area contributed by atoms with Crippen molar-refractivity contribution in [2.45, 2.75) is 20.4 Å². The van der Waals surface area contributed by atoms with Crippen LogP contribution in [0.3, 0.4) is 0 Å². The van der Waals surface area contributed by atoms with Crippen molar-refractivity contribution in [2.75, 3.05) is 0 Å². The van der Waals surface area contributed by atoms with E-state index in [1.165, 1.54) is 17.3 Å². The summed E-state index contributed by atoms with van der Waals surface area (Å²) in [5.41, 5.74) is 4.13. The first-order valence-electron chi connectivity index (χ1n) is 6.87. The highest BCUT2D eigenvalue weighted by atomic mass is 32.2. The monoisotopic (exact) mass is 329 g/mol. The van der Waals surface area contributed by atoms with E-state index in [0.29, 0.717) is 15.8 Å². The largest absolute Gasteiger partial charge is 0.307 e. The Labute approximate surface area is 138 Å². The van der Waals surface area contributed by atoms with Crippen LogP contribution in [0.25, 0.3) is 6.08 Å². The SMILES string of the molecule is Cc1nn(Cc2ccccc2)c(C)c1/C=C1\SC(=S)NC1=O. The fraction of sp³-hybridized carbons (Fsp3) is 0.188. The Hall–Kier alpha value is -1.92. The number of nitrogens with zero attached hydrogens (tertiary/aromatic N) is 2. The van der Waals surface area contributed by atoms with Gasteiger partial charge in [-0.1, -0.05) is 54.3 Å². The van der Waals surface area contributed by atoms with Gasteiger partial charge in [0.1, 0.15) is 4.32 Å². The average molecular weight is 329 g/mol. The van der Waals surface area contributed by atoms with Crippen molar-refractivity contribution in [3.63, 3.8) is 0 Å². The van der Waals surface area contributed by atoms with Crippen molar-refractivity contribution in [1.29, 1.82) is 0 Å². The highest BCUT2D eigenvalue weighted by molar-refractivity contribution is 8.26. The molecule has 0 radical (unpaired) electrons. The van der Waals surface area contributed by atoms with Crippen LogP contribution in [0.5, 0.6) is 0 Å². The van der Waals surface area contributed by atoms with Crippen LogP contribution >= 0.6 is 24.0 Å². The van der Waals surface area contributed by atoms with Crippen LogP contribution in [0.15, 0.2) is 35.2 Å². The van der Waals surface area contributed by atoms with E-state index in [0.717, 1.165) is 17.0 Å². The molecule has 1 aromatic heterocycles. The standard InChI is InChI=1S/C16H15N3OS2/c1-10-13(8-14-15(20)17-16(21)22-14)11(2)19(18-10)9-12-6-4-3-5-7-12/h3-8H,9H2,1-2H3,(H,17,20,21)/b14-8-. The van der Waals surface area contributed by atoms with E-state index >= 15 is 0 Å². The number of benzene rings is 1. The molecule has 2 heterocycles. The van der Waals surface area contributed by atoms with Gasteiger partial charge in [0.15, 0.2) is 0 Å². The van der Waals surface area contributed by atoms with Crippen LogP contribution in [-0.4, -0.2) is 20.0 Å². The van der Waals surface area contributed by atoms with Gasteiger partial charge in [0.05, 0.1) is 17.1 Å². The number of aromatic nitrogens is 2. The summed E-state index contributed by atoms with van der Waals surface area (Å²) < 4.78 is 2.47. The van der Waals surface area contributed by atoms with Gasteiger partial charge < -0.3 is 5.32 Å². The number of rotatable bonds is 3. The number of hydrogen-bond acceptors (Lipinski definition) is 4. The smallest absolute Gasteiger partial charge is 0.263 e. The van der Waals surface area contributed by atoms with E-state index in [-0.39, 0.29) is 5.91 Å². The second-order valence-corrected chi connectivity index (χ2v) is 6.80. The van der Waals surface area contributed by atoms with Gasteiger partial charge in [-0.25, -0.2) is 0 Å². The van der Waals surface area contributed by atoms with E-state index in [4.69, 9.17) is 12.2 Å². The zero-order valence-corrected chi connectivity index (χ0v) is 13.9. The minimum atomic E-state index is -0.135. The lowest BCUT2D eigenvalue weighted by atomic mass is 10.1. The molecule has 0 unspecified atom stereocenters. The van der Waals surface area contributed by atoms with E-state index < -0.39 is 0 Å². The van der Waals surface area contributed by atoms with Gasteiger partial charge in [-0.15, -0.1) is 0 Å². The zero-order valence-electron chi connectivity index (χ0n) is 12.3. The summed E-state index contributed by atoms with van der Waals surface area (Å²) in [4.78, 5) is 12.4. The number of thiocarbonyl (C=S) groups is 1. The number of carbonyl (C=O) groups excluding carboxylic acids is 1. The van der Waals surface area contributed by atoms with E-state index in [2.05, 4.69) is 22.5 Å². The second kappa shape index (κ2) is 6.06. The third-order valence-corrected chi connectivity index (χ3v) is 4.69. The Bertz CT molecular complexity index is 778. The summed E-state index contributed by atoms with van der Waals surface area (Å²) in [5, 5.41) is 7.22. The predicted octanol–water partition coefficient (Wildman–Crippen LogP) is 3.04. The van der Waals surface area contributed by atoms with Gasteiger partial charge in [-0.05, 0) is 25.5 Å². The lowest BCUT2D eigenvalue weighted by molar-refractivity contribution is -0.115.